The van der Waals surface area contributed by atoms with Gasteiger partial charge in [0.2, 0.25) is 11.7 Å². The van der Waals surface area contributed by atoms with Crippen LogP contribution in [0.3, 0.4) is 0 Å². The molecular weight excluding hydrogens is 320 g/mol. The third-order valence-corrected chi connectivity index (χ3v) is 4.07. The Bertz CT molecular complexity index is 1010. The van der Waals surface area contributed by atoms with Crippen LogP contribution in [-0.4, -0.2) is 39.7 Å². The molecule has 4 aromatic heterocycles. The van der Waals surface area contributed by atoms with Gasteiger partial charge in [0, 0.05) is 43.1 Å². The molecule has 4 heterocycles. The molecule has 0 N–H and O–H groups in total. The molecule has 0 spiro atoms. The van der Waals surface area contributed by atoms with E-state index in [2.05, 4.69) is 30.3 Å². The van der Waals surface area contributed by atoms with Crippen molar-refractivity contribution in [2.75, 3.05) is 0 Å². The molecule has 126 valence electrons. The van der Waals surface area contributed by atoms with Crippen molar-refractivity contribution in [1.29, 1.82) is 0 Å². The van der Waals surface area contributed by atoms with E-state index >= 15 is 0 Å². The van der Waals surface area contributed by atoms with Gasteiger partial charge in [-0.05, 0) is 19.9 Å². The average molecular weight is 336 g/mol. The summed E-state index contributed by atoms with van der Waals surface area (Å²) in [5.41, 5.74) is 3.63. The maximum atomic E-state index is 5.42. The summed E-state index contributed by atoms with van der Waals surface area (Å²) in [6.07, 6.45) is 7.18. The normalized spacial score (nSPS) is 11.2. The fourth-order valence-electron chi connectivity index (χ4n) is 2.70. The van der Waals surface area contributed by atoms with Gasteiger partial charge in [0.1, 0.15) is 0 Å². The first-order valence-corrected chi connectivity index (χ1v) is 7.76. The Labute approximate surface area is 143 Å². The molecule has 0 amide bonds. The first kappa shape index (κ1) is 15.2. The molecular formula is C16H16N8O. The molecule has 0 aliphatic carbocycles. The Hall–Kier alpha value is -3.36. The van der Waals surface area contributed by atoms with Crippen molar-refractivity contribution < 1.29 is 4.52 Å². The molecule has 4 aromatic rings. The topological polar surface area (TPSA) is 100 Å². The number of aromatic nitrogens is 8. The van der Waals surface area contributed by atoms with Gasteiger partial charge in [0.05, 0.1) is 12.1 Å². The van der Waals surface area contributed by atoms with Crippen molar-refractivity contribution in [3.63, 3.8) is 0 Å². The van der Waals surface area contributed by atoms with Crippen LogP contribution in [0.1, 0.15) is 22.8 Å². The van der Waals surface area contributed by atoms with Gasteiger partial charge in [-0.25, -0.2) is 14.6 Å². The molecule has 4 rings (SSSR count). The summed E-state index contributed by atoms with van der Waals surface area (Å²) in [4.78, 5) is 13.1. The van der Waals surface area contributed by atoms with Gasteiger partial charge in [-0.15, -0.1) is 0 Å². The van der Waals surface area contributed by atoms with Crippen LogP contribution in [0.25, 0.3) is 17.3 Å². The molecule has 0 aliphatic heterocycles. The van der Waals surface area contributed by atoms with E-state index in [0.29, 0.717) is 29.6 Å². The largest absolute Gasteiger partial charge is 0.339 e. The van der Waals surface area contributed by atoms with E-state index in [0.717, 1.165) is 17.0 Å². The van der Waals surface area contributed by atoms with Crippen molar-refractivity contribution in [3.8, 4) is 17.3 Å². The highest BCUT2D eigenvalue weighted by molar-refractivity contribution is 5.58. The molecule has 0 saturated heterocycles. The highest BCUT2D eigenvalue weighted by Crippen LogP contribution is 2.21. The third kappa shape index (κ3) is 2.69. The third-order valence-electron chi connectivity index (χ3n) is 4.07. The molecule has 0 radical (unpaired) electrons. The summed E-state index contributed by atoms with van der Waals surface area (Å²) in [6.45, 7) is 3.99. The minimum absolute atomic E-state index is 0.382. The lowest BCUT2D eigenvalue weighted by Gasteiger charge is -2.03. The van der Waals surface area contributed by atoms with Crippen molar-refractivity contribution in [3.05, 3.63) is 53.7 Å². The molecule has 0 fully saturated rings. The summed E-state index contributed by atoms with van der Waals surface area (Å²) < 4.78 is 8.89. The van der Waals surface area contributed by atoms with Crippen molar-refractivity contribution in [1.82, 2.24) is 39.7 Å². The van der Waals surface area contributed by atoms with Gasteiger partial charge in [0.25, 0.3) is 0 Å². The van der Waals surface area contributed by atoms with Crippen molar-refractivity contribution >= 4 is 0 Å². The molecule has 9 nitrogen and oxygen atoms in total. The molecule has 25 heavy (non-hydrogen) atoms. The summed E-state index contributed by atoms with van der Waals surface area (Å²) >= 11 is 0. The lowest BCUT2D eigenvalue weighted by Crippen LogP contribution is -2.03. The summed E-state index contributed by atoms with van der Waals surface area (Å²) in [7, 11) is 1.92. The Kier molecular flexibility index (Phi) is 3.60. The molecule has 0 unspecified atom stereocenters. The van der Waals surface area contributed by atoms with Gasteiger partial charge in [-0.2, -0.15) is 15.2 Å². The Morgan fingerprint density at radius 3 is 2.68 bits per heavy atom. The van der Waals surface area contributed by atoms with Crippen molar-refractivity contribution in [2.45, 2.75) is 20.3 Å². The van der Waals surface area contributed by atoms with Gasteiger partial charge >= 0.3 is 0 Å². The maximum Gasteiger partial charge on any atom is 0.231 e. The monoisotopic (exact) mass is 336 g/mol. The first-order chi connectivity index (χ1) is 12.1. The number of hydrogen-bond acceptors (Lipinski definition) is 7. The van der Waals surface area contributed by atoms with Gasteiger partial charge in [-0.3, -0.25) is 4.68 Å². The zero-order chi connectivity index (χ0) is 17.4. The predicted molar refractivity (Wildman–Crippen MR) is 87.9 cm³/mol. The Balaban J connectivity index is 1.69. The van der Waals surface area contributed by atoms with Crippen LogP contribution in [0.5, 0.6) is 0 Å². The van der Waals surface area contributed by atoms with E-state index in [1.165, 1.54) is 0 Å². The lowest BCUT2D eigenvalue weighted by molar-refractivity contribution is 0.385. The minimum atomic E-state index is 0.382. The number of nitrogens with zero attached hydrogens (tertiary/aromatic N) is 8. The van der Waals surface area contributed by atoms with Gasteiger partial charge in [0.15, 0.2) is 11.5 Å². The van der Waals surface area contributed by atoms with Crippen LogP contribution < -0.4 is 0 Å². The van der Waals surface area contributed by atoms with Crippen LogP contribution in [0.4, 0.5) is 0 Å². The van der Waals surface area contributed by atoms with Crippen LogP contribution in [0, 0.1) is 13.8 Å². The van der Waals surface area contributed by atoms with Gasteiger partial charge in [-0.1, -0.05) is 5.16 Å². The fourth-order valence-corrected chi connectivity index (χ4v) is 2.70. The molecule has 9 heteroatoms. The first-order valence-electron chi connectivity index (χ1n) is 7.76. The standard InChI is InChI=1S/C16H16N8O/c1-10-12(11(2)23(3)21-10)9-13-20-15(22-25-13)14-16(18-7-6-17-14)24-8-4-5-19-24/h4-8H,9H2,1-3H3. The lowest BCUT2D eigenvalue weighted by atomic mass is 10.1. The smallest absolute Gasteiger partial charge is 0.231 e. The number of aryl methyl sites for hydroxylation is 2. The second kappa shape index (κ2) is 5.93. The van der Waals surface area contributed by atoms with E-state index in [1.54, 1.807) is 29.5 Å². The van der Waals surface area contributed by atoms with Gasteiger partial charge < -0.3 is 4.52 Å². The molecule has 0 saturated carbocycles. The number of rotatable bonds is 4. The summed E-state index contributed by atoms with van der Waals surface area (Å²) in [5.74, 6) is 1.44. The minimum Gasteiger partial charge on any atom is -0.339 e. The second-order valence-corrected chi connectivity index (χ2v) is 5.64. The highest BCUT2D eigenvalue weighted by Gasteiger charge is 2.18. The van der Waals surface area contributed by atoms with Crippen LogP contribution in [0.2, 0.25) is 0 Å². The number of hydrogen-bond donors (Lipinski definition) is 0. The highest BCUT2D eigenvalue weighted by atomic mass is 16.5. The fraction of sp³-hybridized carbons (Fsp3) is 0.250. The van der Waals surface area contributed by atoms with E-state index < -0.39 is 0 Å². The molecule has 0 atom stereocenters. The Morgan fingerprint density at radius 1 is 1.12 bits per heavy atom. The van der Waals surface area contributed by atoms with E-state index in [1.807, 2.05) is 31.6 Å². The molecule has 0 aliphatic rings. The zero-order valence-corrected chi connectivity index (χ0v) is 14.1. The SMILES string of the molecule is Cc1nn(C)c(C)c1Cc1nc(-c2nccnc2-n2cccn2)no1. The van der Waals surface area contributed by atoms with Crippen LogP contribution >= 0.6 is 0 Å². The summed E-state index contributed by atoms with van der Waals surface area (Å²) in [6, 6.07) is 1.81. The average Bonchev–Trinajstić information content (AvgIpc) is 3.34. The van der Waals surface area contributed by atoms with E-state index in [9.17, 15) is 0 Å². The quantitative estimate of drug-likeness (QED) is 0.558. The second-order valence-electron chi connectivity index (χ2n) is 5.64. The van der Waals surface area contributed by atoms with Crippen molar-refractivity contribution in [2.24, 2.45) is 7.05 Å². The van der Waals surface area contributed by atoms with Crippen LogP contribution in [0.15, 0.2) is 35.4 Å². The predicted octanol–water partition coefficient (Wildman–Crippen LogP) is 1.65. The van der Waals surface area contributed by atoms with Crippen LogP contribution in [-0.2, 0) is 13.5 Å². The van der Waals surface area contributed by atoms with E-state index in [4.69, 9.17) is 4.52 Å². The molecule has 0 bridgehead atoms. The summed E-state index contributed by atoms with van der Waals surface area (Å²) in [5, 5.41) is 12.7. The van der Waals surface area contributed by atoms with E-state index in [-0.39, 0.29) is 0 Å². The molecule has 0 aromatic carbocycles. The Morgan fingerprint density at radius 2 is 1.96 bits per heavy atom. The maximum absolute atomic E-state index is 5.42. The zero-order valence-electron chi connectivity index (χ0n) is 14.1.